The number of anilines is 1. The Morgan fingerprint density at radius 1 is 1.15 bits per heavy atom. The van der Waals surface area contributed by atoms with Crippen molar-refractivity contribution in [1.29, 1.82) is 0 Å². The van der Waals surface area contributed by atoms with E-state index in [-0.39, 0.29) is 32.9 Å². The van der Waals surface area contributed by atoms with Crippen molar-refractivity contribution < 1.29 is 24.6 Å². The molecule has 180 valence electrons. The van der Waals surface area contributed by atoms with E-state index in [1.54, 1.807) is 0 Å². The third-order valence-electron chi connectivity index (χ3n) is 4.67. The van der Waals surface area contributed by atoms with Crippen LogP contribution in [-0.4, -0.2) is 65.1 Å². The van der Waals surface area contributed by atoms with Gasteiger partial charge in [0.05, 0.1) is 29.4 Å². The Kier molecular flexibility index (Phi) is 8.37. The van der Waals surface area contributed by atoms with Gasteiger partial charge >= 0.3 is 5.97 Å². The molecular formula is C20H19Cl3N6O5. The van der Waals surface area contributed by atoms with Crippen LogP contribution >= 0.6 is 34.8 Å². The van der Waals surface area contributed by atoms with Crippen molar-refractivity contribution in [3.05, 3.63) is 50.7 Å². The SMILES string of the molecule is O=C(CNC(=O)c1cnc(Cl)c(NC2=NCCN2)c1)NCC(C(=O)O)c1cc(Cl)cc(Cl)c1O. The van der Waals surface area contributed by atoms with E-state index >= 15 is 0 Å². The number of pyridine rings is 1. The Morgan fingerprint density at radius 3 is 2.59 bits per heavy atom. The van der Waals surface area contributed by atoms with E-state index in [9.17, 15) is 24.6 Å². The van der Waals surface area contributed by atoms with Gasteiger partial charge in [0.15, 0.2) is 11.1 Å². The summed E-state index contributed by atoms with van der Waals surface area (Å²) < 4.78 is 0. The van der Waals surface area contributed by atoms with Crippen molar-refractivity contribution in [3.63, 3.8) is 0 Å². The number of aliphatic imine (C=N–C) groups is 1. The highest BCUT2D eigenvalue weighted by atomic mass is 35.5. The molecule has 1 aliphatic heterocycles. The van der Waals surface area contributed by atoms with E-state index in [4.69, 9.17) is 34.8 Å². The lowest BCUT2D eigenvalue weighted by atomic mass is 9.98. The van der Waals surface area contributed by atoms with E-state index in [2.05, 4.69) is 31.2 Å². The molecule has 1 aromatic carbocycles. The van der Waals surface area contributed by atoms with Gasteiger partial charge in [-0.15, -0.1) is 0 Å². The first-order chi connectivity index (χ1) is 16.2. The molecule has 1 aliphatic rings. The van der Waals surface area contributed by atoms with Crippen molar-refractivity contribution in [3.8, 4) is 5.75 Å². The van der Waals surface area contributed by atoms with E-state index in [1.807, 2.05) is 0 Å². The number of aliphatic carboxylic acids is 1. The smallest absolute Gasteiger partial charge is 0.312 e. The number of carboxylic acid groups (broad SMARTS) is 1. The highest BCUT2D eigenvalue weighted by molar-refractivity contribution is 6.35. The Hall–Kier alpha value is -3.28. The quantitative estimate of drug-likeness (QED) is 0.282. The van der Waals surface area contributed by atoms with Crippen LogP contribution in [-0.2, 0) is 9.59 Å². The molecule has 0 aliphatic carbocycles. The number of nitrogens with one attached hydrogen (secondary N) is 4. The number of aromatic hydroxyl groups is 1. The third kappa shape index (κ3) is 6.40. The summed E-state index contributed by atoms with van der Waals surface area (Å²) in [6, 6.07) is 3.97. The number of carbonyl (C=O) groups is 3. The molecule has 1 unspecified atom stereocenters. The van der Waals surface area contributed by atoms with Crippen LogP contribution < -0.4 is 21.3 Å². The zero-order valence-electron chi connectivity index (χ0n) is 17.4. The number of phenolic OH excluding ortho intramolecular Hbond substituents is 1. The topological polar surface area (TPSA) is 165 Å². The van der Waals surface area contributed by atoms with Gasteiger partial charge in [-0.05, 0) is 18.2 Å². The molecule has 0 saturated carbocycles. The number of carboxylic acids is 1. The van der Waals surface area contributed by atoms with Gasteiger partial charge in [0, 0.05) is 29.9 Å². The summed E-state index contributed by atoms with van der Waals surface area (Å²) in [7, 11) is 0. The van der Waals surface area contributed by atoms with Crippen molar-refractivity contribution in [2.24, 2.45) is 4.99 Å². The maximum Gasteiger partial charge on any atom is 0.312 e. The molecule has 34 heavy (non-hydrogen) atoms. The maximum atomic E-state index is 12.4. The van der Waals surface area contributed by atoms with Crippen LogP contribution in [0.5, 0.6) is 5.75 Å². The average Bonchev–Trinajstić information content (AvgIpc) is 3.29. The molecular weight excluding hydrogens is 511 g/mol. The van der Waals surface area contributed by atoms with Gasteiger partial charge in [-0.3, -0.25) is 19.4 Å². The summed E-state index contributed by atoms with van der Waals surface area (Å²) >= 11 is 17.8. The zero-order chi connectivity index (χ0) is 24.8. The Labute approximate surface area is 208 Å². The van der Waals surface area contributed by atoms with Crippen LogP contribution in [0.3, 0.4) is 0 Å². The van der Waals surface area contributed by atoms with Gasteiger partial charge < -0.3 is 31.5 Å². The number of amides is 2. The van der Waals surface area contributed by atoms with Crippen molar-refractivity contribution in [2.45, 2.75) is 5.92 Å². The van der Waals surface area contributed by atoms with Crippen molar-refractivity contribution in [2.75, 3.05) is 31.5 Å². The van der Waals surface area contributed by atoms with Crippen LogP contribution in [0, 0.1) is 0 Å². The van der Waals surface area contributed by atoms with Crippen LogP contribution in [0.2, 0.25) is 15.2 Å². The lowest BCUT2D eigenvalue weighted by Gasteiger charge is -2.16. The molecule has 1 atom stereocenters. The molecule has 0 radical (unpaired) electrons. The first-order valence-corrected chi connectivity index (χ1v) is 11.0. The van der Waals surface area contributed by atoms with Gasteiger partial charge in [0.25, 0.3) is 5.91 Å². The van der Waals surface area contributed by atoms with Gasteiger partial charge in [0.1, 0.15) is 11.7 Å². The third-order valence-corrected chi connectivity index (χ3v) is 5.48. The van der Waals surface area contributed by atoms with E-state index < -0.39 is 36.0 Å². The summed E-state index contributed by atoms with van der Waals surface area (Å²) in [5.74, 6) is -3.83. The molecule has 0 spiro atoms. The van der Waals surface area contributed by atoms with E-state index in [0.717, 1.165) is 0 Å². The molecule has 6 N–H and O–H groups in total. The summed E-state index contributed by atoms with van der Waals surface area (Å²) in [5, 5.41) is 30.5. The maximum absolute atomic E-state index is 12.4. The molecule has 1 aromatic heterocycles. The minimum Gasteiger partial charge on any atom is -0.506 e. The van der Waals surface area contributed by atoms with Crippen molar-refractivity contribution >= 4 is 64.2 Å². The average molecular weight is 530 g/mol. The summed E-state index contributed by atoms with van der Waals surface area (Å²) in [4.78, 5) is 44.4. The number of aromatic nitrogens is 1. The highest BCUT2D eigenvalue weighted by Gasteiger charge is 2.25. The van der Waals surface area contributed by atoms with E-state index in [0.29, 0.717) is 24.7 Å². The molecule has 3 rings (SSSR count). The minimum absolute atomic E-state index is 0.0528. The second-order valence-corrected chi connectivity index (χ2v) is 8.25. The number of guanidine groups is 1. The lowest BCUT2D eigenvalue weighted by molar-refractivity contribution is -0.138. The molecule has 0 bridgehead atoms. The number of nitrogens with zero attached hydrogens (tertiary/aromatic N) is 2. The number of phenols is 1. The van der Waals surface area contributed by atoms with Gasteiger partial charge in [-0.25, -0.2) is 4.98 Å². The highest BCUT2D eigenvalue weighted by Crippen LogP contribution is 2.35. The normalized spacial score (nSPS) is 13.4. The largest absolute Gasteiger partial charge is 0.506 e. The monoisotopic (exact) mass is 528 g/mol. The molecule has 14 heteroatoms. The van der Waals surface area contributed by atoms with Crippen LogP contribution in [0.15, 0.2) is 29.4 Å². The first-order valence-electron chi connectivity index (χ1n) is 9.82. The molecule has 0 saturated heterocycles. The Bertz CT molecular complexity index is 1160. The van der Waals surface area contributed by atoms with Crippen LogP contribution in [0.25, 0.3) is 0 Å². The molecule has 2 amide bonds. The standard InChI is InChI=1S/C20H19Cl3N6O5/c21-10-4-11(16(31)13(22)5-10)12(19(33)34)7-26-15(30)8-28-18(32)9-3-14(17(23)27-6-9)29-20-24-1-2-25-20/h3-6,12,31H,1-2,7-8H2,(H,26,30)(H,28,32)(H,33,34)(H2,24,25,29). The fourth-order valence-corrected chi connectivity index (χ4v) is 3.65. The zero-order valence-corrected chi connectivity index (χ0v) is 19.6. The van der Waals surface area contributed by atoms with Crippen LogP contribution in [0.4, 0.5) is 5.69 Å². The van der Waals surface area contributed by atoms with Crippen LogP contribution in [0.1, 0.15) is 21.8 Å². The number of hydrogen-bond acceptors (Lipinski definition) is 8. The molecule has 11 nitrogen and oxygen atoms in total. The number of halogens is 3. The fraction of sp³-hybridized carbons (Fsp3) is 0.250. The van der Waals surface area contributed by atoms with E-state index in [1.165, 1.54) is 24.4 Å². The predicted octanol–water partition coefficient (Wildman–Crippen LogP) is 1.83. The lowest BCUT2D eigenvalue weighted by Crippen LogP contribution is -2.39. The van der Waals surface area contributed by atoms with Gasteiger partial charge in [0.2, 0.25) is 5.91 Å². The number of rotatable bonds is 8. The summed E-state index contributed by atoms with van der Waals surface area (Å²) in [5.41, 5.74) is 0.444. The Morgan fingerprint density at radius 2 is 1.91 bits per heavy atom. The molecule has 2 heterocycles. The second-order valence-electron chi connectivity index (χ2n) is 7.05. The fourth-order valence-electron chi connectivity index (χ4n) is 2.99. The first kappa shape index (κ1) is 25.3. The number of benzene rings is 1. The molecule has 0 fully saturated rings. The Balaban J connectivity index is 1.58. The number of carbonyl (C=O) groups excluding carboxylic acids is 2. The second kappa shape index (κ2) is 11.2. The predicted molar refractivity (Wildman–Crippen MR) is 127 cm³/mol. The van der Waals surface area contributed by atoms with Crippen molar-refractivity contribution in [1.82, 2.24) is 20.9 Å². The number of hydrogen-bond donors (Lipinski definition) is 6. The van der Waals surface area contributed by atoms with Gasteiger partial charge in [-0.1, -0.05) is 34.8 Å². The minimum atomic E-state index is -1.32. The van der Waals surface area contributed by atoms with Gasteiger partial charge in [-0.2, -0.15) is 0 Å². The summed E-state index contributed by atoms with van der Waals surface area (Å²) in [6.07, 6.45) is 1.25. The molecule has 2 aromatic rings. The summed E-state index contributed by atoms with van der Waals surface area (Å²) in [6.45, 7) is 0.470.